The molecule has 0 atom stereocenters. The summed E-state index contributed by atoms with van der Waals surface area (Å²) in [6.07, 6.45) is 3.13. The summed E-state index contributed by atoms with van der Waals surface area (Å²) in [4.78, 5) is 11.1. The van der Waals surface area contributed by atoms with Gasteiger partial charge in [-0.3, -0.25) is 0 Å². The van der Waals surface area contributed by atoms with E-state index < -0.39 is 5.97 Å². The van der Waals surface area contributed by atoms with E-state index >= 15 is 0 Å². The first kappa shape index (κ1) is 13.6. The number of aromatic carboxylic acids is 1. The number of aliphatic hydroxyl groups excluding tert-OH is 1. The Hall–Kier alpha value is -2.41. The van der Waals surface area contributed by atoms with Crippen LogP contribution in [0.1, 0.15) is 46.9 Å². The third-order valence-electron chi connectivity index (χ3n) is 3.88. The number of aliphatic hydroxyl groups is 1. The number of aromatic hydroxyl groups is 1. The molecule has 2 aromatic rings. The molecule has 21 heavy (non-hydrogen) atoms. The molecule has 0 aliphatic heterocycles. The summed E-state index contributed by atoms with van der Waals surface area (Å²) < 4.78 is 1.56. The van der Waals surface area contributed by atoms with Crippen molar-refractivity contribution < 1.29 is 20.1 Å². The first-order chi connectivity index (χ1) is 10.1. The van der Waals surface area contributed by atoms with E-state index in [9.17, 15) is 15.0 Å². The molecule has 0 amide bonds. The monoisotopic (exact) mass is 289 g/mol. The first-order valence-corrected chi connectivity index (χ1v) is 6.74. The van der Waals surface area contributed by atoms with Crippen LogP contribution in [0.15, 0.2) is 18.2 Å². The molecule has 0 radical (unpaired) electrons. The maximum Gasteiger partial charge on any atom is 0.339 e. The van der Waals surface area contributed by atoms with Crippen molar-refractivity contribution in [2.75, 3.05) is 0 Å². The SMILES string of the molecule is O=C(O)c1cc(-n2nnc(CO)c2C2CCC2)ccc1O. The van der Waals surface area contributed by atoms with Gasteiger partial charge in [0.2, 0.25) is 0 Å². The van der Waals surface area contributed by atoms with E-state index in [1.807, 2.05) is 0 Å². The number of phenols is 1. The standard InChI is InChI=1S/C14H15N3O4/c18-7-11-13(8-2-1-3-8)17(16-15-11)9-4-5-12(19)10(6-9)14(20)21/h4-6,8,18-19H,1-3,7H2,(H,20,21). The van der Waals surface area contributed by atoms with Crippen LogP contribution in [0.25, 0.3) is 5.69 Å². The molecular weight excluding hydrogens is 274 g/mol. The van der Waals surface area contributed by atoms with Gasteiger partial charge >= 0.3 is 5.97 Å². The van der Waals surface area contributed by atoms with Crippen molar-refractivity contribution in [1.29, 1.82) is 0 Å². The van der Waals surface area contributed by atoms with Gasteiger partial charge in [-0.25, -0.2) is 9.48 Å². The van der Waals surface area contributed by atoms with Crippen LogP contribution >= 0.6 is 0 Å². The third kappa shape index (κ3) is 2.25. The largest absolute Gasteiger partial charge is 0.507 e. The number of hydrogen-bond donors (Lipinski definition) is 3. The lowest BCUT2D eigenvalue weighted by atomic mass is 9.82. The van der Waals surface area contributed by atoms with E-state index in [4.69, 9.17) is 5.11 Å². The lowest BCUT2D eigenvalue weighted by Gasteiger charge is -2.26. The van der Waals surface area contributed by atoms with Crippen molar-refractivity contribution in [2.45, 2.75) is 31.8 Å². The molecule has 1 fully saturated rings. The van der Waals surface area contributed by atoms with Crippen molar-refractivity contribution in [2.24, 2.45) is 0 Å². The highest BCUT2D eigenvalue weighted by molar-refractivity contribution is 5.91. The van der Waals surface area contributed by atoms with Gasteiger partial charge in [0.05, 0.1) is 18.0 Å². The second-order valence-electron chi connectivity index (χ2n) is 5.13. The maximum absolute atomic E-state index is 11.1. The molecule has 0 spiro atoms. The minimum atomic E-state index is -1.21. The lowest BCUT2D eigenvalue weighted by molar-refractivity contribution is 0.0693. The minimum absolute atomic E-state index is 0.187. The second-order valence-corrected chi connectivity index (χ2v) is 5.13. The molecule has 0 saturated heterocycles. The molecule has 110 valence electrons. The number of hydrogen-bond acceptors (Lipinski definition) is 5. The van der Waals surface area contributed by atoms with Crippen molar-refractivity contribution in [3.63, 3.8) is 0 Å². The van der Waals surface area contributed by atoms with Crippen LogP contribution < -0.4 is 0 Å². The van der Waals surface area contributed by atoms with Crippen LogP contribution in [-0.4, -0.2) is 36.3 Å². The summed E-state index contributed by atoms with van der Waals surface area (Å²) in [7, 11) is 0. The number of aromatic nitrogens is 3. The van der Waals surface area contributed by atoms with Crippen LogP contribution in [0.5, 0.6) is 5.75 Å². The van der Waals surface area contributed by atoms with Crippen molar-refractivity contribution in [3.05, 3.63) is 35.2 Å². The predicted molar refractivity (Wildman–Crippen MR) is 72.5 cm³/mol. The second kappa shape index (κ2) is 5.17. The Bertz CT molecular complexity index is 692. The Morgan fingerprint density at radius 3 is 2.71 bits per heavy atom. The van der Waals surface area contributed by atoms with Gasteiger partial charge in [0.25, 0.3) is 0 Å². The molecule has 7 nitrogen and oxygen atoms in total. The Labute approximate surface area is 120 Å². The van der Waals surface area contributed by atoms with E-state index in [1.54, 1.807) is 10.7 Å². The number of nitrogens with zero attached hydrogens (tertiary/aromatic N) is 3. The van der Waals surface area contributed by atoms with Crippen LogP contribution in [0.3, 0.4) is 0 Å². The van der Waals surface area contributed by atoms with Gasteiger partial charge in [-0.2, -0.15) is 0 Å². The Balaban J connectivity index is 2.10. The molecule has 1 aromatic carbocycles. The van der Waals surface area contributed by atoms with Gasteiger partial charge in [-0.15, -0.1) is 5.10 Å². The summed E-state index contributed by atoms with van der Waals surface area (Å²) in [6.45, 7) is -0.199. The number of carbonyl (C=O) groups is 1. The summed E-state index contributed by atoms with van der Waals surface area (Å²) >= 11 is 0. The quantitative estimate of drug-likeness (QED) is 0.785. The van der Waals surface area contributed by atoms with Crippen molar-refractivity contribution >= 4 is 5.97 Å². The first-order valence-electron chi connectivity index (χ1n) is 6.74. The van der Waals surface area contributed by atoms with Gasteiger partial charge in [0, 0.05) is 5.92 Å². The maximum atomic E-state index is 11.1. The molecule has 0 unspecified atom stereocenters. The van der Waals surface area contributed by atoms with E-state index in [0.717, 1.165) is 25.0 Å². The van der Waals surface area contributed by atoms with Crippen molar-refractivity contribution in [3.8, 4) is 11.4 Å². The van der Waals surface area contributed by atoms with Gasteiger partial charge in [-0.05, 0) is 31.0 Å². The molecule has 3 N–H and O–H groups in total. The molecule has 1 saturated carbocycles. The number of carboxylic acids is 1. The summed E-state index contributed by atoms with van der Waals surface area (Å²) in [5.74, 6) is -1.22. The minimum Gasteiger partial charge on any atom is -0.507 e. The highest BCUT2D eigenvalue weighted by Crippen LogP contribution is 2.38. The van der Waals surface area contributed by atoms with Gasteiger partial charge in [0.1, 0.15) is 17.0 Å². The fourth-order valence-corrected chi connectivity index (χ4v) is 2.54. The zero-order valence-corrected chi connectivity index (χ0v) is 11.2. The summed E-state index contributed by atoms with van der Waals surface area (Å²) in [5, 5.41) is 36.0. The Kier molecular flexibility index (Phi) is 3.34. The average molecular weight is 289 g/mol. The van der Waals surface area contributed by atoms with Gasteiger partial charge in [-0.1, -0.05) is 11.6 Å². The van der Waals surface area contributed by atoms with E-state index in [2.05, 4.69) is 10.3 Å². The van der Waals surface area contributed by atoms with Crippen LogP contribution in [-0.2, 0) is 6.61 Å². The number of carboxylic acid groups (broad SMARTS) is 1. The fraction of sp³-hybridized carbons (Fsp3) is 0.357. The van der Waals surface area contributed by atoms with E-state index in [-0.39, 0.29) is 23.8 Å². The molecule has 3 rings (SSSR count). The zero-order valence-electron chi connectivity index (χ0n) is 11.2. The normalized spacial score (nSPS) is 14.9. The average Bonchev–Trinajstić information content (AvgIpc) is 2.81. The molecule has 1 aliphatic rings. The number of rotatable bonds is 4. The molecular formula is C14H15N3O4. The van der Waals surface area contributed by atoms with Gasteiger partial charge in [0.15, 0.2) is 0 Å². The zero-order chi connectivity index (χ0) is 15.0. The highest BCUT2D eigenvalue weighted by atomic mass is 16.4. The summed E-state index contributed by atoms with van der Waals surface area (Å²) in [6, 6.07) is 4.26. The van der Waals surface area contributed by atoms with Gasteiger partial charge < -0.3 is 15.3 Å². The molecule has 1 aliphatic carbocycles. The van der Waals surface area contributed by atoms with Crippen molar-refractivity contribution in [1.82, 2.24) is 15.0 Å². The highest BCUT2D eigenvalue weighted by Gasteiger charge is 2.28. The number of benzene rings is 1. The smallest absolute Gasteiger partial charge is 0.339 e. The lowest BCUT2D eigenvalue weighted by Crippen LogP contribution is -2.16. The van der Waals surface area contributed by atoms with Crippen LogP contribution in [0, 0.1) is 0 Å². The van der Waals surface area contributed by atoms with Crippen LogP contribution in [0.4, 0.5) is 0 Å². The molecule has 1 heterocycles. The van der Waals surface area contributed by atoms with E-state index in [1.165, 1.54) is 12.1 Å². The molecule has 7 heteroatoms. The fourth-order valence-electron chi connectivity index (χ4n) is 2.54. The summed E-state index contributed by atoms with van der Waals surface area (Å²) in [5.41, 5.74) is 1.67. The molecule has 0 bridgehead atoms. The Morgan fingerprint density at radius 1 is 1.38 bits per heavy atom. The van der Waals surface area contributed by atoms with E-state index in [0.29, 0.717) is 11.4 Å². The third-order valence-corrected chi connectivity index (χ3v) is 3.88. The topological polar surface area (TPSA) is 108 Å². The Morgan fingerprint density at radius 2 is 2.14 bits per heavy atom. The molecule has 1 aromatic heterocycles. The predicted octanol–water partition coefficient (Wildman–Crippen LogP) is 1.43. The van der Waals surface area contributed by atoms with Crippen LogP contribution in [0.2, 0.25) is 0 Å².